The first-order valence-electron chi connectivity index (χ1n) is 5.99. The topological polar surface area (TPSA) is 98.7 Å². The summed E-state index contributed by atoms with van der Waals surface area (Å²) in [6, 6.07) is 8.89. The number of tetrazole rings is 1. The number of nitrogens with two attached hydrogens (primary N) is 1. The maximum Gasteiger partial charge on any atom is 0.260 e. The second kappa shape index (κ2) is 5.57. The number of nitrogens with one attached hydrogen (secondary N) is 1. The van der Waals surface area contributed by atoms with E-state index in [1.54, 1.807) is 0 Å². The molecule has 3 N–H and O–H groups in total. The molecule has 1 atom stereocenters. The van der Waals surface area contributed by atoms with Gasteiger partial charge in [0.05, 0.1) is 0 Å². The Bertz CT molecular complexity index is 550. The quantitative estimate of drug-likeness (QED) is 0.474. The van der Waals surface area contributed by atoms with Crippen LogP contribution in [0.5, 0.6) is 0 Å². The molecule has 0 radical (unpaired) electrons. The zero-order valence-corrected chi connectivity index (χ0v) is 10.8. The maximum absolute atomic E-state index is 11.7. The fourth-order valence-corrected chi connectivity index (χ4v) is 1.81. The predicted octanol–water partition coefficient (Wildman–Crippen LogP) is 0.527. The largest absolute Gasteiger partial charge is 0.292 e. The van der Waals surface area contributed by atoms with Gasteiger partial charge >= 0.3 is 0 Å². The van der Waals surface area contributed by atoms with E-state index in [0.29, 0.717) is 5.82 Å². The van der Waals surface area contributed by atoms with E-state index in [9.17, 15) is 4.79 Å². The van der Waals surface area contributed by atoms with Crippen LogP contribution < -0.4 is 11.3 Å². The number of benzene rings is 1. The van der Waals surface area contributed by atoms with E-state index in [4.69, 9.17) is 5.84 Å². The van der Waals surface area contributed by atoms with E-state index in [1.165, 1.54) is 4.80 Å². The summed E-state index contributed by atoms with van der Waals surface area (Å²) in [6.07, 6.45) is 0. The minimum Gasteiger partial charge on any atom is -0.292 e. The summed E-state index contributed by atoms with van der Waals surface area (Å²) in [7, 11) is 0. The van der Waals surface area contributed by atoms with E-state index in [1.807, 2.05) is 44.2 Å². The molecule has 0 aliphatic carbocycles. The van der Waals surface area contributed by atoms with Crippen LogP contribution in [0.4, 0.5) is 0 Å². The molecule has 0 aliphatic rings. The number of carbonyl (C=O) groups is 1. The fraction of sp³-hybridized carbons (Fsp3) is 0.333. The monoisotopic (exact) mass is 260 g/mol. The van der Waals surface area contributed by atoms with Crippen LogP contribution in [0.3, 0.4) is 0 Å². The second-order valence-electron chi connectivity index (χ2n) is 4.50. The van der Waals surface area contributed by atoms with Crippen molar-refractivity contribution in [3.8, 4) is 11.4 Å². The average molecular weight is 260 g/mol. The Kier molecular flexibility index (Phi) is 3.86. The second-order valence-corrected chi connectivity index (χ2v) is 4.50. The van der Waals surface area contributed by atoms with Crippen LogP contribution in [0, 0.1) is 5.92 Å². The minimum atomic E-state index is -0.574. The Labute approximate surface area is 110 Å². The Balaban J connectivity index is 2.32. The molecule has 0 saturated heterocycles. The molecule has 1 aromatic heterocycles. The highest BCUT2D eigenvalue weighted by Crippen LogP contribution is 2.18. The number of hydrazine groups is 1. The van der Waals surface area contributed by atoms with Gasteiger partial charge in [-0.25, -0.2) is 5.84 Å². The molecule has 0 bridgehead atoms. The van der Waals surface area contributed by atoms with E-state index in [2.05, 4.69) is 20.8 Å². The average Bonchev–Trinajstić information content (AvgIpc) is 2.88. The standard InChI is InChI=1S/C12H16N6O/c1-8(2)10(12(19)14-13)18-16-11(15-17-18)9-6-4-3-5-7-9/h3-8,10H,13H2,1-2H3,(H,14,19). The molecular weight excluding hydrogens is 244 g/mol. The molecular formula is C12H16N6O. The molecule has 7 nitrogen and oxygen atoms in total. The molecule has 7 heteroatoms. The summed E-state index contributed by atoms with van der Waals surface area (Å²) in [5.74, 6) is 5.32. The smallest absolute Gasteiger partial charge is 0.260 e. The van der Waals surface area contributed by atoms with Gasteiger partial charge in [0.25, 0.3) is 5.91 Å². The number of aromatic nitrogens is 4. The highest BCUT2D eigenvalue weighted by molar-refractivity contribution is 5.79. The highest BCUT2D eigenvalue weighted by Gasteiger charge is 2.26. The number of hydrogen-bond acceptors (Lipinski definition) is 5. The van der Waals surface area contributed by atoms with E-state index < -0.39 is 6.04 Å². The normalized spacial score (nSPS) is 12.4. The zero-order chi connectivity index (χ0) is 13.8. The number of amides is 1. The van der Waals surface area contributed by atoms with Crippen LogP contribution >= 0.6 is 0 Å². The molecule has 2 rings (SSSR count). The summed E-state index contributed by atoms with van der Waals surface area (Å²) >= 11 is 0. The Morgan fingerprint density at radius 3 is 2.58 bits per heavy atom. The lowest BCUT2D eigenvalue weighted by molar-refractivity contribution is -0.126. The third-order valence-corrected chi connectivity index (χ3v) is 2.75. The van der Waals surface area contributed by atoms with E-state index in [-0.39, 0.29) is 11.8 Å². The van der Waals surface area contributed by atoms with Crippen molar-refractivity contribution < 1.29 is 4.79 Å². The molecule has 1 amide bonds. The van der Waals surface area contributed by atoms with Crippen molar-refractivity contribution in [1.82, 2.24) is 25.6 Å². The van der Waals surface area contributed by atoms with Gasteiger partial charge in [-0.15, -0.1) is 10.2 Å². The van der Waals surface area contributed by atoms with Crippen molar-refractivity contribution >= 4 is 5.91 Å². The third-order valence-electron chi connectivity index (χ3n) is 2.75. The molecule has 0 fully saturated rings. The number of nitrogens with zero attached hydrogens (tertiary/aromatic N) is 4. The minimum absolute atomic E-state index is 0.00127. The predicted molar refractivity (Wildman–Crippen MR) is 69.5 cm³/mol. The van der Waals surface area contributed by atoms with Crippen LogP contribution in [0.2, 0.25) is 0 Å². The Morgan fingerprint density at radius 1 is 1.32 bits per heavy atom. The lowest BCUT2D eigenvalue weighted by Crippen LogP contribution is -2.40. The van der Waals surface area contributed by atoms with Gasteiger partial charge in [-0.2, -0.15) is 4.80 Å². The summed E-state index contributed by atoms with van der Waals surface area (Å²) < 4.78 is 0. The first kappa shape index (κ1) is 13.2. The van der Waals surface area contributed by atoms with E-state index >= 15 is 0 Å². The lowest BCUT2D eigenvalue weighted by atomic mass is 10.1. The van der Waals surface area contributed by atoms with Crippen LogP contribution in [-0.2, 0) is 4.79 Å². The summed E-state index contributed by atoms with van der Waals surface area (Å²) in [5.41, 5.74) is 2.98. The van der Waals surface area contributed by atoms with Gasteiger partial charge in [-0.3, -0.25) is 10.2 Å². The van der Waals surface area contributed by atoms with Gasteiger partial charge in [-0.1, -0.05) is 44.2 Å². The molecule has 2 aromatic rings. The van der Waals surface area contributed by atoms with Gasteiger partial charge in [-0.05, 0) is 11.1 Å². The number of hydrogen-bond donors (Lipinski definition) is 2. The number of carbonyl (C=O) groups excluding carboxylic acids is 1. The van der Waals surface area contributed by atoms with Crippen molar-refractivity contribution in [3.05, 3.63) is 30.3 Å². The van der Waals surface area contributed by atoms with Gasteiger partial charge in [0.2, 0.25) is 5.82 Å². The van der Waals surface area contributed by atoms with Gasteiger partial charge < -0.3 is 0 Å². The molecule has 0 saturated carbocycles. The van der Waals surface area contributed by atoms with Gasteiger partial charge in [0.15, 0.2) is 6.04 Å². The van der Waals surface area contributed by atoms with Crippen molar-refractivity contribution in [3.63, 3.8) is 0 Å². The first-order valence-corrected chi connectivity index (χ1v) is 5.99. The molecule has 0 spiro atoms. The van der Waals surface area contributed by atoms with Gasteiger partial charge in [0, 0.05) is 5.56 Å². The summed E-state index contributed by atoms with van der Waals surface area (Å²) in [5, 5.41) is 12.2. The van der Waals surface area contributed by atoms with E-state index in [0.717, 1.165) is 5.56 Å². The van der Waals surface area contributed by atoms with Gasteiger partial charge in [0.1, 0.15) is 0 Å². The summed E-state index contributed by atoms with van der Waals surface area (Å²) in [4.78, 5) is 13.0. The zero-order valence-electron chi connectivity index (χ0n) is 10.8. The summed E-state index contributed by atoms with van der Waals surface area (Å²) in [6.45, 7) is 3.79. The van der Waals surface area contributed by atoms with Crippen LogP contribution in [0.1, 0.15) is 19.9 Å². The van der Waals surface area contributed by atoms with Crippen molar-refractivity contribution in [2.24, 2.45) is 11.8 Å². The van der Waals surface area contributed by atoms with Crippen molar-refractivity contribution in [2.75, 3.05) is 0 Å². The maximum atomic E-state index is 11.7. The molecule has 100 valence electrons. The lowest BCUT2D eigenvalue weighted by Gasteiger charge is -2.16. The molecule has 1 heterocycles. The Morgan fingerprint density at radius 2 is 2.00 bits per heavy atom. The molecule has 0 aliphatic heterocycles. The van der Waals surface area contributed by atoms with Crippen molar-refractivity contribution in [2.45, 2.75) is 19.9 Å². The third kappa shape index (κ3) is 2.76. The van der Waals surface area contributed by atoms with Crippen molar-refractivity contribution in [1.29, 1.82) is 0 Å². The molecule has 1 unspecified atom stereocenters. The molecule has 19 heavy (non-hydrogen) atoms. The SMILES string of the molecule is CC(C)C(C(=O)NN)n1nnc(-c2ccccc2)n1. The first-order chi connectivity index (χ1) is 9.13. The van der Waals surface area contributed by atoms with Crippen LogP contribution in [0.15, 0.2) is 30.3 Å². The molecule has 1 aromatic carbocycles. The van der Waals surface area contributed by atoms with Crippen LogP contribution in [0.25, 0.3) is 11.4 Å². The fourth-order valence-electron chi connectivity index (χ4n) is 1.81. The van der Waals surface area contributed by atoms with Crippen LogP contribution in [-0.4, -0.2) is 26.1 Å². The number of rotatable bonds is 4. The Hall–Kier alpha value is -2.28. The highest BCUT2D eigenvalue weighted by atomic mass is 16.2.